The van der Waals surface area contributed by atoms with Crippen LogP contribution < -0.4 is 5.32 Å². The number of aromatic nitrogens is 1. The number of hydrogen-bond donors (Lipinski definition) is 2. The number of para-hydroxylation sites is 1. The zero-order valence-corrected chi connectivity index (χ0v) is 13.9. The number of aromatic amines is 1. The number of carbonyl (C=O) groups is 1. The number of benzene rings is 2. The molecule has 0 aliphatic carbocycles. The van der Waals surface area contributed by atoms with Crippen molar-refractivity contribution in [1.82, 2.24) is 4.98 Å². The van der Waals surface area contributed by atoms with Crippen LogP contribution in [0.2, 0.25) is 0 Å². The van der Waals surface area contributed by atoms with Gasteiger partial charge in [0.15, 0.2) is 0 Å². The molecule has 1 aromatic heterocycles. The highest BCUT2D eigenvalue weighted by atomic mass is 79.9. The number of nitrogens with one attached hydrogen (secondary N) is 2. The molecular weight excluding hydrogens is 340 g/mol. The van der Waals surface area contributed by atoms with Gasteiger partial charge in [-0.2, -0.15) is 0 Å². The third-order valence-corrected chi connectivity index (χ3v) is 4.35. The molecule has 2 aromatic carbocycles. The second-order valence-electron chi connectivity index (χ2n) is 5.39. The molecule has 4 heteroatoms. The van der Waals surface area contributed by atoms with E-state index in [1.54, 1.807) is 0 Å². The summed E-state index contributed by atoms with van der Waals surface area (Å²) in [4.78, 5) is 15.4. The molecule has 112 valence electrons. The number of halogens is 1. The number of rotatable bonds is 4. The van der Waals surface area contributed by atoms with Gasteiger partial charge in [0.05, 0.1) is 5.69 Å². The van der Waals surface area contributed by atoms with E-state index in [-0.39, 0.29) is 5.91 Å². The lowest BCUT2D eigenvalue weighted by Crippen LogP contribution is -2.12. The Morgan fingerprint density at radius 1 is 1.23 bits per heavy atom. The summed E-state index contributed by atoms with van der Waals surface area (Å²) < 4.78 is 0.910. The molecule has 0 atom stereocenters. The molecule has 0 fully saturated rings. The fourth-order valence-corrected chi connectivity index (χ4v) is 3.11. The Bertz CT molecular complexity index is 823. The molecule has 3 aromatic rings. The minimum Gasteiger partial charge on any atom is -0.361 e. The summed E-state index contributed by atoms with van der Waals surface area (Å²) in [6.45, 7) is 2.02. The monoisotopic (exact) mass is 356 g/mol. The van der Waals surface area contributed by atoms with Crippen molar-refractivity contribution in [2.45, 2.75) is 19.8 Å². The van der Waals surface area contributed by atoms with Gasteiger partial charge in [-0.15, -0.1) is 0 Å². The van der Waals surface area contributed by atoms with E-state index in [0.29, 0.717) is 6.42 Å². The van der Waals surface area contributed by atoms with Gasteiger partial charge in [0.2, 0.25) is 5.91 Å². The second kappa shape index (κ2) is 6.36. The number of fused-ring (bicyclic) bond motifs is 1. The average molecular weight is 357 g/mol. The van der Waals surface area contributed by atoms with Crippen LogP contribution in [0.4, 0.5) is 5.69 Å². The quantitative estimate of drug-likeness (QED) is 0.692. The highest BCUT2D eigenvalue weighted by molar-refractivity contribution is 9.10. The second-order valence-corrected chi connectivity index (χ2v) is 6.25. The third-order valence-electron chi connectivity index (χ3n) is 3.69. The lowest BCUT2D eigenvalue weighted by Gasteiger charge is -2.08. The average Bonchev–Trinajstić information content (AvgIpc) is 2.91. The van der Waals surface area contributed by atoms with Crippen molar-refractivity contribution >= 4 is 38.4 Å². The summed E-state index contributed by atoms with van der Waals surface area (Å²) in [6.07, 6.45) is 3.17. The van der Waals surface area contributed by atoms with E-state index in [4.69, 9.17) is 0 Å². The summed E-state index contributed by atoms with van der Waals surface area (Å²) in [5.74, 6) is 0.0230. The van der Waals surface area contributed by atoms with Gasteiger partial charge in [-0.05, 0) is 58.6 Å². The van der Waals surface area contributed by atoms with E-state index in [9.17, 15) is 4.79 Å². The Hall–Kier alpha value is -2.07. The zero-order chi connectivity index (χ0) is 15.5. The minimum atomic E-state index is 0.0230. The fourth-order valence-electron chi connectivity index (χ4n) is 2.52. The molecule has 0 saturated heterocycles. The van der Waals surface area contributed by atoms with Crippen LogP contribution in [-0.4, -0.2) is 10.9 Å². The molecule has 0 unspecified atom stereocenters. The molecule has 2 N–H and O–H groups in total. The Labute approximate surface area is 137 Å². The first-order chi connectivity index (χ1) is 10.6. The van der Waals surface area contributed by atoms with Crippen LogP contribution >= 0.6 is 15.9 Å². The number of aryl methyl sites for hydroxylation is 2. The van der Waals surface area contributed by atoms with Crippen molar-refractivity contribution in [3.8, 4) is 0 Å². The van der Waals surface area contributed by atoms with Gasteiger partial charge in [0.1, 0.15) is 0 Å². The number of hydrogen-bond acceptors (Lipinski definition) is 1. The zero-order valence-electron chi connectivity index (χ0n) is 12.3. The molecule has 0 aliphatic rings. The molecular formula is C18H17BrN2O. The van der Waals surface area contributed by atoms with Gasteiger partial charge in [0, 0.05) is 28.0 Å². The highest BCUT2D eigenvalue weighted by Crippen LogP contribution is 2.24. The van der Waals surface area contributed by atoms with Crippen LogP contribution in [0.5, 0.6) is 0 Å². The van der Waals surface area contributed by atoms with Crippen molar-refractivity contribution in [3.63, 3.8) is 0 Å². The maximum absolute atomic E-state index is 12.1. The molecule has 0 aliphatic heterocycles. The standard InChI is InChI=1S/C18H17BrN2O/c1-12-6-8-17(15(19)10-12)21-18(22)9-7-13-11-20-16-5-3-2-4-14(13)16/h2-6,8,10-11,20H,7,9H2,1H3,(H,21,22). The van der Waals surface area contributed by atoms with Crippen LogP contribution in [0.3, 0.4) is 0 Å². The molecule has 0 spiro atoms. The predicted octanol–water partition coefficient (Wildman–Crippen LogP) is 4.81. The van der Waals surface area contributed by atoms with Gasteiger partial charge in [0.25, 0.3) is 0 Å². The van der Waals surface area contributed by atoms with E-state index in [2.05, 4.69) is 32.3 Å². The Balaban J connectivity index is 1.65. The molecule has 1 heterocycles. The van der Waals surface area contributed by atoms with Crippen LogP contribution in [0.25, 0.3) is 10.9 Å². The highest BCUT2D eigenvalue weighted by Gasteiger charge is 2.08. The van der Waals surface area contributed by atoms with Crippen LogP contribution in [0.1, 0.15) is 17.5 Å². The maximum Gasteiger partial charge on any atom is 0.224 e. The lowest BCUT2D eigenvalue weighted by molar-refractivity contribution is -0.116. The van der Waals surface area contributed by atoms with E-state index < -0.39 is 0 Å². The summed E-state index contributed by atoms with van der Waals surface area (Å²) >= 11 is 3.48. The summed E-state index contributed by atoms with van der Waals surface area (Å²) in [7, 11) is 0. The summed E-state index contributed by atoms with van der Waals surface area (Å²) in [5, 5.41) is 4.14. The van der Waals surface area contributed by atoms with Crippen molar-refractivity contribution in [2.75, 3.05) is 5.32 Å². The first-order valence-corrected chi connectivity index (χ1v) is 8.04. The topological polar surface area (TPSA) is 44.9 Å². The number of anilines is 1. The molecule has 0 bridgehead atoms. The van der Waals surface area contributed by atoms with Crippen molar-refractivity contribution in [2.24, 2.45) is 0 Å². The van der Waals surface area contributed by atoms with E-state index in [1.165, 1.54) is 10.9 Å². The van der Waals surface area contributed by atoms with Gasteiger partial charge >= 0.3 is 0 Å². The number of amides is 1. The van der Waals surface area contributed by atoms with E-state index in [1.807, 2.05) is 49.5 Å². The third kappa shape index (κ3) is 3.22. The summed E-state index contributed by atoms with van der Waals surface area (Å²) in [6, 6.07) is 14.0. The van der Waals surface area contributed by atoms with Crippen molar-refractivity contribution < 1.29 is 4.79 Å². The van der Waals surface area contributed by atoms with Crippen molar-refractivity contribution in [1.29, 1.82) is 0 Å². The molecule has 3 nitrogen and oxygen atoms in total. The van der Waals surface area contributed by atoms with Gasteiger partial charge in [-0.25, -0.2) is 0 Å². The SMILES string of the molecule is Cc1ccc(NC(=O)CCc2c[nH]c3ccccc23)c(Br)c1. The van der Waals surface area contributed by atoms with E-state index >= 15 is 0 Å². The number of H-pyrrole nitrogens is 1. The Morgan fingerprint density at radius 3 is 2.86 bits per heavy atom. The van der Waals surface area contributed by atoms with Gasteiger partial charge in [-0.1, -0.05) is 24.3 Å². The normalized spacial score (nSPS) is 10.8. The molecule has 3 rings (SSSR count). The van der Waals surface area contributed by atoms with Gasteiger partial charge in [-0.3, -0.25) is 4.79 Å². The first kappa shape index (κ1) is 14.9. The largest absolute Gasteiger partial charge is 0.361 e. The maximum atomic E-state index is 12.1. The fraction of sp³-hybridized carbons (Fsp3) is 0.167. The van der Waals surface area contributed by atoms with Gasteiger partial charge < -0.3 is 10.3 Å². The smallest absolute Gasteiger partial charge is 0.224 e. The lowest BCUT2D eigenvalue weighted by atomic mass is 10.1. The van der Waals surface area contributed by atoms with Crippen LogP contribution in [0, 0.1) is 6.92 Å². The predicted molar refractivity (Wildman–Crippen MR) is 94.1 cm³/mol. The molecule has 0 radical (unpaired) electrons. The van der Waals surface area contributed by atoms with Crippen LogP contribution in [-0.2, 0) is 11.2 Å². The van der Waals surface area contributed by atoms with Crippen LogP contribution in [0.15, 0.2) is 53.1 Å². The Morgan fingerprint density at radius 2 is 2.05 bits per heavy atom. The van der Waals surface area contributed by atoms with Crippen molar-refractivity contribution in [3.05, 3.63) is 64.3 Å². The molecule has 22 heavy (non-hydrogen) atoms. The first-order valence-electron chi connectivity index (χ1n) is 7.24. The van der Waals surface area contributed by atoms with E-state index in [0.717, 1.165) is 27.7 Å². The minimum absolute atomic E-state index is 0.0230. The number of carbonyl (C=O) groups excluding carboxylic acids is 1. The Kier molecular flexibility index (Phi) is 4.29. The molecule has 1 amide bonds. The molecule has 0 saturated carbocycles. The summed E-state index contributed by atoms with van der Waals surface area (Å²) in [5.41, 5.74) is 4.26.